The van der Waals surface area contributed by atoms with Crippen LogP contribution >= 0.6 is 0 Å². The molecule has 0 fully saturated rings. The number of fused-ring (bicyclic) bond motifs is 1. The zero-order valence-corrected chi connectivity index (χ0v) is 15.6. The monoisotopic (exact) mass is 354 g/mol. The number of hydrogen-bond acceptors (Lipinski definition) is 2. The molecule has 0 aliphatic heterocycles. The third kappa shape index (κ3) is 2.79. The van der Waals surface area contributed by atoms with Crippen molar-refractivity contribution >= 4 is 10.8 Å². The van der Waals surface area contributed by atoms with E-state index in [1.165, 1.54) is 0 Å². The molecule has 0 N–H and O–H groups in total. The van der Waals surface area contributed by atoms with Gasteiger partial charge in [-0.05, 0) is 22.6 Å². The first-order valence-corrected chi connectivity index (χ1v) is 9.03. The van der Waals surface area contributed by atoms with Crippen molar-refractivity contribution in [3.05, 3.63) is 114 Å². The van der Waals surface area contributed by atoms with Gasteiger partial charge in [-0.2, -0.15) is 0 Å². The lowest BCUT2D eigenvalue weighted by atomic mass is 9.78. The summed E-state index contributed by atoms with van der Waals surface area (Å²) in [7, 11) is 3.48. The summed E-state index contributed by atoms with van der Waals surface area (Å²) in [6, 6.07) is 33.2. The molecule has 0 amide bonds. The van der Waals surface area contributed by atoms with Crippen LogP contribution in [0.15, 0.2) is 97.1 Å². The second-order valence-electron chi connectivity index (χ2n) is 6.48. The topological polar surface area (TPSA) is 18.5 Å². The Morgan fingerprint density at radius 3 is 1.59 bits per heavy atom. The van der Waals surface area contributed by atoms with Crippen LogP contribution in [0.2, 0.25) is 0 Å². The molecule has 2 nitrogen and oxygen atoms in total. The van der Waals surface area contributed by atoms with E-state index in [2.05, 4.69) is 72.8 Å². The molecule has 0 heterocycles. The summed E-state index contributed by atoms with van der Waals surface area (Å²) >= 11 is 0. The maximum atomic E-state index is 6.34. The van der Waals surface area contributed by atoms with E-state index in [9.17, 15) is 0 Å². The van der Waals surface area contributed by atoms with Crippen molar-refractivity contribution in [3.8, 4) is 5.75 Å². The minimum Gasteiger partial charge on any atom is -0.496 e. The summed E-state index contributed by atoms with van der Waals surface area (Å²) in [5.74, 6) is 0.862. The highest BCUT2D eigenvalue weighted by atomic mass is 16.5. The molecule has 0 aliphatic rings. The fraction of sp³-hybridized carbons (Fsp3) is 0.120. The van der Waals surface area contributed by atoms with Gasteiger partial charge in [0.25, 0.3) is 0 Å². The highest BCUT2D eigenvalue weighted by Gasteiger charge is 2.37. The van der Waals surface area contributed by atoms with Crippen LogP contribution in [0.4, 0.5) is 0 Å². The van der Waals surface area contributed by atoms with Crippen molar-refractivity contribution in [3.63, 3.8) is 0 Å². The predicted molar refractivity (Wildman–Crippen MR) is 110 cm³/mol. The van der Waals surface area contributed by atoms with Crippen LogP contribution in [0.3, 0.4) is 0 Å². The first-order valence-electron chi connectivity index (χ1n) is 9.03. The largest absolute Gasteiger partial charge is 0.496 e. The van der Waals surface area contributed by atoms with E-state index >= 15 is 0 Å². The van der Waals surface area contributed by atoms with E-state index in [1.807, 2.05) is 24.3 Å². The van der Waals surface area contributed by atoms with E-state index in [4.69, 9.17) is 9.47 Å². The number of ether oxygens (including phenoxy) is 2. The number of benzene rings is 4. The first-order chi connectivity index (χ1) is 13.3. The molecule has 4 aromatic carbocycles. The fourth-order valence-electron chi connectivity index (χ4n) is 3.93. The summed E-state index contributed by atoms with van der Waals surface area (Å²) in [6.07, 6.45) is 0. The highest BCUT2D eigenvalue weighted by Crippen LogP contribution is 2.44. The van der Waals surface area contributed by atoms with E-state index in [0.29, 0.717) is 0 Å². The van der Waals surface area contributed by atoms with Gasteiger partial charge in [-0.25, -0.2) is 0 Å². The lowest BCUT2D eigenvalue weighted by Crippen LogP contribution is -2.31. The smallest absolute Gasteiger partial charge is 0.143 e. The molecule has 4 rings (SSSR count). The Bertz CT molecular complexity index is 1000. The van der Waals surface area contributed by atoms with Crippen LogP contribution < -0.4 is 4.74 Å². The molecule has 0 aliphatic carbocycles. The molecule has 4 aromatic rings. The van der Waals surface area contributed by atoms with Crippen molar-refractivity contribution in [2.75, 3.05) is 14.2 Å². The summed E-state index contributed by atoms with van der Waals surface area (Å²) in [5.41, 5.74) is 2.57. The minimum absolute atomic E-state index is 0.714. The maximum absolute atomic E-state index is 6.34. The zero-order chi connectivity index (χ0) is 18.7. The lowest BCUT2D eigenvalue weighted by Gasteiger charge is -2.35. The first kappa shape index (κ1) is 17.3. The Labute approximate surface area is 160 Å². The van der Waals surface area contributed by atoms with E-state index in [0.717, 1.165) is 33.2 Å². The molecule has 0 radical (unpaired) electrons. The second-order valence-corrected chi connectivity index (χ2v) is 6.48. The molecule has 0 saturated carbocycles. The quantitative estimate of drug-likeness (QED) is 0.423. The summed E-state index contributed by atoms with van der Waals surface area (Å²) in [5, 5.41) is 2.19. The maximum Gasteiger partial charge on any atom is 0.143 e. The van der Waals surface area contributed by atoms with Gasteiger partial charge in [0.05, 0.1) is 7.11 Å². The normalized spacial score (nSPS) is 11.5. The zero-order valence-electron chi connectivity index (χ0n) is 15.6. The second kappa shape index (κ2) is 7.26. The van der Waals surface area contributed by atoms with Gasteiger partial charge in [-0.15, -0.1) is 0 Å². The Kier molecular flexibility index (Phi) is 4.66. The van der Waals surface area contributed by atoms with Gasteiger partial charge < -0.3 is 9.47 Å². The number of rotatable bonds is 5. The van der Waals surface area contributed by atoms with Crippen LogP contribution in [0.5, 0.6) is 5.75 Å². The van der Waals surface area contributed by atoms with Crippen LogP contribution in [0, 0.1) is 0 Å². The SMILES string of the molecule is COc1ccc(C(OC)(c2ccccc2)c2ccccc2)c2ccccc12. The van der Waals surface area contributed by atoms with Crippen LogP contribution in [-0.4, -0.2) is 14.2 Å². The molecule has 0 unspecified atom stereocenters. The molecule has 134 valence electrons. The molecule has 0 spiro atoms. The molecule has 0 saturated heterocycles. The van der Waals surface area contributed by atoms with Crippen molar-refractivity contribution in [2.45, 2.75) is 5.60 Å². The lowest BCUT2D eigenvalue weighted by molar-refractivity contribution is 0.0597. The van der Waals surface area contributed by atoms with Crippen LogP contribution in [-0.2, 0) is 10.3 Å². The van der Waals surface area contributed by atoms with Gasteiger partial charge in [0, 0.05) is 18.1 Å². The van der Waals surface area contributed by atoms with Gasteiger partial charge in [0.15, 0.2) is 0 Å². The van der Waals surface area contributed by atoms with Gasteiger partial charge in [-0.1, -0.05) is 91.0 Å². The number of methoxy groups -OCH3 is 2. The van der Waals surface area contributed by atoms with Gasteiger partial charge >= 0.3 is 0 Å². The molecule has 2 heteroatoms. The molecule has 0 aromatic heterocycles. The third-order valence-electron chi connectivity index (χ3n) is 5.15. The Morgan fingerprint density at radius 2 is 1.07 bits per heavy atom. The molecular weight excluding hydrogens is 332 g/mol. The molecular formula is C25H22O2. The van der Waals surface area contributed by atoms with Gasteiger partial charge in [0.1, 0.15) is 11.4 Å². The summed E-state index contributed by atoms with van der Waals surface area (Å²) in [4.78, 5) is 0. The number of hydrogen-bond donors (Lipinski definition) is 0. The fourth-order valence-corrected chi connectivity index (χ4v) is 3.93. The standard InChI is InChI=1S/C25H22O2/c1-26-24-18-17-23(21-15-9-10-16-22(21)24)25(27-2,19-11-5-3-6-12-19)20-13-7-4-8-14-20/h3-18H,1-2H3. The Morgan fingerprint density at radius 1 is 0.556 bits per heavy atom. The van der Waals surface area contributed by atoms with Crippen molar-refractivity contribution in [2.24, 2.45) is 0 Å². The summed E-state index contributed by atoms with van der Waals surface area (Å²) in [6.45, 7) is 0. The van der Waals surface area contributed by atoms with Crippen LogP contribution in [0.25, 0.3) is 10.8 Å². The van der Waals surface area contributed by atoms with E-state index in [1.54, 1.807) is 14.2 Å². The minimum atomic E-state index is -0.714. The third-order valence-corrected chi connectivity index (χ3v) is 5.15. The van der Waals surface area contributed by atoms with Crippen molar-refractivity contribution in [1.29, 1.82) is 0 Å². The molecule has 0 bridgehead atoms. The molecule has 0 atom stereocenters. The average molecular weight is 354 g/mol. The Hall–Kier alpha value is -3.10. The van der Waals surface area contributed by atoms with E-state index in [-0.39, 0.29) is 0 Å². The predicted octanol–water partition coefficient (Wildman–Crippen LogP) is 5.79. The summed E-state index contributed by atoms with van der Waals surface area (Å²) < 4.78 is 11.9. The Balaban J connectivity index is 2.11. The average Bonchev–Trinajstić information content (AvgIpc) is 2.76. The highest BCUT2D eigenvalue weighted by molar-refractivity contribution is 5.92. The molecule has 27 heavy (non-hydrogen) atoms. The van der Waals surface area contributed by atoms with Gasteiger partial charge in [0.2, 0.25) is 0 Å². The van der Waals surface area contributed by atoms with Crippen molar-refractivity contribution < 1.29 is 9.47 Å². The van der Waals surface area contributed by atoms with Gasteiger partial charge in [-0.3, -0.25) is 0 Å². The van der Waals surface area contributed by atoms with Crippen molar-refractivity contribution in [1.82, 2.24) is 0 Å². The van der Waals surface area contributed by atoms with Crippen LogP contribution in [0.1, 0.15) is 16.7 Å². The van der Waals surface area contributed by atoms with E-state index < -0.39 is 5.60 Å².